The lowest BCUT2D eigenvalue weighted by molar-refractivity contribution is -0.148. The molecule has 2 aromatic rings. The van der Waals surface area contributed by atoms with E-state index in [1.165, 1.54) is 0 Å². The number of aliphatic hydroxyl groups is 1. The Morgan fingerprint density at radius 1 is 1.20 bits per heavy atom. The van der Waals surface area contributed by atoms with Crippen molar-refractivity contribution in [3.8, 4) is 11.3 Å². The minimum absolute atomic E-state index is 0.0181. The zero-order chi connectivity index (χ0) is 21.6. The molecule has 9 heteroatoms. The van der Waals surface area contributed by atoms with E-state index in [0.717, 1.165) is 55.6 Å². The molecule has 0 saturated carbocycles. The molecular formula is C21H27ClN4O4. The van der Waals surface area contributed by atoms with Crippen molar-refractivity contribution < 1.29 is 19.8 Å². The molecule has 2 saturated heterocycles. The fourth-order valence-electron chi connectivity index (χ4n) is 4.59. The average Bonchev–Trinajstić information content (AvgIpc) is 3.35. The van der Waals surface area contributed by atoms with Crippen LogP contribution in [0.2, 0.25) is 5.02 Å². The summed E-state index contributed by atoms with van der Waals surface area (Å²) in [4.78, 5) is 25.7. The second-order valence-electron chi connectivity index (χ2n) is 7.56. The second-order valence-corrected chi connectivity index (χ2v) is 8.00. The summed E-state index contributed by atoms with van der Waals surface area (Å²) < 4.78 is 0. The number of rotatable bonds is 5. The van der Waals surface area contributed by atoms with Gasteiger partial charge in [-0.1, -0.05) is 23.7 Å². The van der Waals surface area contributed by atoms with E-state index in [4.69, 9.17) is 21.5 Å². The van der Waals surface area contributed by atoms with E-state index in [0.29, 0.717) is 18.1 Å². The lowest BCUT2D eigenvalue weighted by Gasteiger charge is -2.44. The van der Waals surface area contributed by atoms with Gasteiger partial charge in [0.2, 0.25) is 5.91 Å². The summed E-state index contributed by atoms with van der Waals surface area (Å²) in [5, 5.41) is 24.2. The van der Waals surface area contributed by atoms with Crippen molar-refractivity contribution in [2.75, 3.05) is 26.2 Å². The molecule has 3 heterocycles. The number of carbonyl (C=O) groups excluding carboxylic acids is 1. The number of likely N-dealkylation sites (tertiary alicyclic amines) is 2. The number of carboxylic acid groups (broad SMARTS) is 1. The summed E-state index contributed by atoms with van der Waals surface area (Å²) in [6.45, 7) is 2.54. The quantitative estimate of drug-likeness (QED) is 0.623. The maximum absolute atomic E-state index is 13.2. The van der Waals surface area contributed by atoms with Crippen LogP contribution in [0.4, 0.5) is 0 Å². The van der Waals surface area contributed by atoms with Crippen LogP contribution in [0.1, 0.15) is 31.2 Å². The van der Waals surface area contributed by atoms with Crippen LogP contribution in [0.25, 0.3) is 11.3 Å². The lowest BCUT2D eigenvalue weighted by atomic mass is 9.85. The summed E-state index contributed by atoms with van der Waals surface area (Å²) in [5.74, 6) is 0.178. The topological polar surface area (TPSA) is 110 Å². The SMILES string of the molecule is O=C1N(CCO)CCCC12CCCN2Cc1cn[nH]c1-c1ccc(Cl)cc1.O=CO. The number of nitrogens with zero attached hydrogens (tertiary/aromatic N) is 3. The molecule has 0 bridgehead atoms. The molecule has 1 atom stereocenters. The zero-order valence-electron chi connectivity index (χ0n) is 16.8. The Hall–Kier alpha value is -2.42. The van der Waals surface area contributed by atoms with Gasteiger partial charge in [-0.05, 0) is 49.9 Å². The molecule has 1 aromatic carbocycles. The van der Waals surface area contributed by atoms with Gasteiger partial charge in [-0.2, -0.15) is 5.10 Å². The Morgan fingerprint density at radius 2 is 1.87 bits per heavy atom. The summed E-state index contributed by atoms with van der Waals surface area (Å²) in [6, 6.07) is 7.70. The highest BCUT2D eigenvalue weighted by atomic mass is 35.5. The number of nitrogens with one attached hydrogen (secondary N) is 1. The van der Waals surface area contributed by atoms with Gasteiger partial charge in [-0.15, -0.1) is 0 Å². The van der Waals surface area contributed by atoms with Crippen LogP contribution < -0.4 is 0 Å². The molecule has 0 aliphatic carbocycles. The minimum atomic E-state index is -0.429. The number of β-amino-alcohol motifs (C(OH)–C–C–N with tert-alkyl or cyclic N) is 1. The zero-order valence-corrected chi connectivity index (χ0v) is 17.5. The Labute approximate surface area is 180 Å². The molecule has 4 rings (SSSR count). The summed E-state index contributed by atoms with van der Waals surface area (Å²) in [6.07, 6.45) is 5.64. The highest BCUT2D eigenvalue weighted by Gasteiger charge is 2.50. The van der Waals surface area contributed by atoms with Gasteiger partial charge in [0.25, 0.3) is 6.47 Å². The molecule has 3 N–H and O–H groups in total. The van der Waals surface area contributed by atoms with Crippen molar-refractivity contribution in [2.45, 2.75) is 37.8 Å². The van der Waals surface area contributed by atoms with Gasteiger partial charge in [-0.25, -0.2) is 0 Å². The molecule has 1 spiro atoms. The van der Waals surface area contributed by atoms with E-state index in [2.05, 4.69) is 15.1 Å². The number of piperidine rings is 1. The third-order valence-corrected chi connectivity index (χ3v) is 6.16. The van der Waals surface area contributed by atoms with E-state index in [9.17, 15) is 9.90 Å². The third kappa shape index (κ3) is 4.50. The van der Waals surface area contributed by atoms with Gasteiger partial charge in [0.15, 0.2) is 0 Å². The number of aromatic nitrogens is 2. The first-order valence-electron chi connectivity index (χ1n) is 10.1. The number of halogens is 1. The molecule has 30 heavy (non-hydrogen) atoms. The number of carbonyl (C=O) groups is 2. The summed E-state index contributed by atoms with van der Waals surface area (Å²) >= 11 is 6.01. The van der Waals surface area contributed by atoms with Crippen molar-refractivity contribution in [3.63, 3.8) is 0 Å². The molecular weight excluding hydrogens is 408 g/mol. The minimum Gasteiger partial charge on any atom is -0.483 e. The van der Waals surface area contributed by atoms with Gasteiger partial charge < -0.3 is 15.1 Å². The number of amides is 1. The van der Waals surface area contributed by atoms with E-state index in [-0.39, 0.29) is 19.0 Å². The van der Waals surface area contributed by atoms with Crippen LogP contribution in [0.3, 0.4) is 0 Å². The smallest absolute Gasteiger partial charge is 0.290 e. The summed E-state index contributed by atoms with van der Waals surface area (Å²) in [5.41, 5.74) is 2.67. The van der Waals surface area contributed by atoms with Crippen LogP contribution >= 0.6 is 11.6 Å². The van der Waals surface area contributed by atoms with Crippen molar-refractivity contribution in [1.82, 2.24) is 20.0 Å². The molecule has 0 radical (unpaired) electrons. The van der Waals surface area contributed by atoms with Gasteiger partial charge in [0.05, 0.1) is 18.5 Å². The average molecular weight is 435 g/mol. The predicted octanol–water partition coefficient (Wildman–Crippen LogP) is 2.38. The van der Waals surface area contributed by atoms with Crippen LogP contribution in [0.15, 0.2) is 30.5 Å². The highest BCUT2D eigenvalue weighted by molar-refractivity contribution is 6.30. The molecule has 1 aromatic heterocycles. The van der Waals surface area contributed by atoms with E-state index < -0.39 is 5.54 Å². The maximum atomic E-state index is 13.2. The fourth-order valence-corrected chi connectivity index (χ4v) is 4.72. The number of benzene rings is 1. The standard InChI is InChI=1S/C20H25ClN4O2.CH2O2/c21-17-5-3-15(4-6-17)18-16(13-22-23-18)14-25-10-2-8-20(25)7-1-9-24(11-12-26)19(20)27;2-1-3/h3-6,13,26H,1-2,7-12,14H2,(H,22,23);1H,(H,2,3). The second kappa shape index (κ2) is 10.1. The van der Waals surface area contributed by atoms with Gasteiger partial charge in [0, 0.05) is 30.2 Å². The first-order valence-corrected chi connectivity index (χ1v) is 10.4. The molecule has 162 valence electrons. The van der Waals surface area contributed by atoms with Crippen LogP contribution in [0.5, 0.6) is 0 Å². The lowest BCUT2D eigenvalue weighted by Crippen LogP contribution is -2.60. The van der Waals surface area contributed by atoms with Gasteiger partial charge in [-0.3, -0.25) is 19.6 Å². The van der Waals surface area contributed by atoms with Crippen molar-refractivity contribution in [3.05, 3.63) is 41.0 Å². The van der Waals surface area contributed by atoms with E-state index in [1.807, 2.05) is 35.4 Å². The number of hydrogen-bond acceptors (Lipinski definition) is 5. The van der Waals surface area contributed by atoms with Gasteiger partial charge in [0.1, 0.15) is 5.54 Å². The molecule has 2 aliphatic rings. The van der Waals surface area contributed by atoms with Crippen LogP contribution in [-0.2, 0) is 16.1 Å². The highest BCUT2D eigenvalue weighted by Crippen LogP contribution is 2.39. The normalized spacial score (nSPS) is 21.5. The fraction of sp³-hybridized carbons (Fsp3) is 0.476. The summed E-state index contributed by atoms with van der Waals surface area (Å²) in [7, 11) is 0. The Kier molecular flexibility index (Phi) is 7.47. The largest absolute Gasteiger partial charge is 0.483 e. The van der Waals surface area contributed by atoms with Crippen LogP contribution in [-0.4, -0.2) is 74.4 Å². The molecule has 2 aliphatic heterocycles. The van der Waals surface area contributed by atoms with Crippen LogP contribution in [0, 0.1) is 0 Å². The Bertz CT molecular complexity index is 855. The Balaban J connectivity index is 0.000000806. The maximum Gasteiger partial charge on any atom is 0.290 e. The number of hydrogen-bond donors (Lipinski definition) is 3. The van der Waals surface area contributed by atoms with E-state index >= 15 is 0 Å². The molecule has 8 nitrogen and oxygen atoms in total. The predicted molar refractivity (Wildman–Crippen MR) is 113 cm³/mol. The molecule has 2 fully saturated rings. The number of H-pyrrole nitrogens is 1. The first kappa shape index (κ1) is 22.3. The van der Waals surface area contributed by atoms with Crippen molar-refractivity contribution in [2.24, 2.45) is 0 Å². The number of aromatic amines is 1. The van der Waals surface area contributed by atoms with Crippen molar-refractivity contribution in [1.29, 1.82) is 0 Å². The first-order chi connectivity index (χ1) is 14.6. The molecule has 1 amide bonds. The monoisotopic (exact) mass is 434 g/mol. The van der Waals surface area contributed by atoms with Gasteiger partial charge >= 0.3 is 0 Å². The Morgan fingerprint density at radius 3 is 2.53 bits per heavy atom. The number of aliphatic hydroxyl groups excluding tert-OH is 1. The van der Waals surface area contributed by atoms with E-state index in [1.54, 1.807) is 0 Å². The third-order valence-electron chi connectivity index (χ3n) is 5.91. The van der Waals surface area contributed by atoms with Crippen molar-refractivity contribution >= 4 is 24.0 Å². The molecule has 1 unspecified atom stereocenters.